The lowest BCUT2D eigenvalue weighted by atomic mass is 9.91. The van der Waals surface area contributed by atoms with Crippen LogP contribution in [0.25, 0.3) is 5.57 Å². The molecule has 0 radical (unpaired) electrons. The lowest BCUT2D eigenvalue weighted by Gasteiger charge is -2.13. The first kappa shape index (κ1) is 13.1. The van der Waals surface area contributed by atoms with Gasteiger partial charge in [-0.25, -0.2) is 0 Å². The van der Waals surface area contributed by atoms with Gasteiger partial charge >= 0.3 is 0 Å². The van der Waals surface area contributed by atoms with Gasteiger partial charge in [0, 0.05) is 0 Å². The summed E-state index contributed by atoms with van der Waals surface area (Å²) in [6.45, 7) is 0. The van der Waals surface area contributed by atoms with Gasteiger partial charge in [-0.15, -0.1) is 0 Å². The molecule has 0 aliphatic heterocycles. The molecule has 0 bridgehead atoms. The van der Waals surface area contributed by atoms with Crippen LogP contribution in [0.3, 0.4) is 0 Å². The van der Waals surface area contributed by atoms with E-state index in [2.05, 4.69) is 0 Å². The molecular formula is C19H14O2. The molecule has 0 saturated heterocycles. The van der Waals surface area contributed by atoms with Crippen LogP contribution in [0.2, 0.25) is 0 Å². The fourth-order valence-electron chi connectivity index (χ4n) is 2.35. The molecule has 2 heteroatoms. The van der Waals surface area contributed by atoms with Crippen molar-refractivity contribution in [2.24, 2.45) is 0 Å². The predicted molar refractivity (Wildman–Crippen MR) is 83.9 cm³/mol. The summed E-state index contributed by atoms with van der Waals surface area (Å²) < 4.78 is 0. The van der Waals surface area contributed by atoms with E-state index in [0.717, 1.165) is 22.3 Å². The van der Waals surface area contributed by atoms with Crippen molar-refractivity contribution >= 4 is 11.4 Å². The minimum atomic E-state index is -0.00290. The molecule has 1 aliphatic carbocycles. The zero-order chi connectivity index (χ0) is 14.7. The number of ketones is 1. The van der Waals surface area contributed by atoms with E-state index in [9.17, 15) is 9.90 Å². The zero-order valence-corrected chi connectivity index (χ0v) is 11.4. The van der Waals surface area contributed by atoms with Gasteiger partial charge in [-0.3, -0.25) is 4.79 Å². The van der Waals surface area contributed by atoms with Gasteiger partial charge in [0.2, 0.25) is 0 Å². The largest absolute Gasteiger partial charge is 0.508 e. The highest BCUT2D eigenvalue weighted by Gasteiger charge is 2.11. The Hall–Kier alpha value is -2.87. The van der Waals surface area contributed by atoms with E-state index in [4.69, 9.17) is 0 Å². The maximum Gasteiger partial charge on any atom is 0.178 e. The number of aromatic hydroxyl groups is 1. The van der Waals surface area contributed by atoms with Crippen molar-refractivity contribution in [2.45, 2.75) is 0 Å². The average molecular weight is 274 g/mol. The molecule has 2 aromatic rings. The summed E-state index contributed by atoms with van der Waals surface area (Å²) in [5, 5.41) is 9.47. The summed E-state index contributed by atoms with van der Waals surface area (Å²) in [4.78, 5) is 11.3. The van der Waals surface area contributed by atoms with Crippen LogP contribution in [-0.2, 0) is 4.79 Å². The summed E-state index contributed by atoms with van der Waals surface area (Å²) in [5.74, 6) is 0.234. The second-order valence-corrected chi connectivity index (χ2v) is 4.81. The van der Waals surface area contributed by atoms with Crippen molar-refractivity contribution in [1.82, 2.24) is 0 Å². The van der Waals surface area contributed by atoms with Gasteiger partial charge in [0.1, 0.15) is 5.75 Å². The number of allylic oxidation sites excluding steroid dienone is 5. The molecule has 0 atom stereocenters. The lowest BCUT2D eigenvalue weighted by molar-refractivity contribution is -0.110. The molecule has 102 valence electrons. The molecule has 0 aromatic heterocycles. The number of rotatable bonds is 2. The Labute approximate surface area is 123 Å². The smallest absolute Gasteiger partial charge is 0.178 e. The maximum absolute atomic E-state index is 11.3. The third kappa shape index (κ3) is 2.84. The Morgan fingerprint density at radius 2 is 1.29 bits per heavy atom. The Kier molecular flexibility index (Phi) is 3.52. The number of hydrogen-bond acceptors (Lipinski definition) is 2. The number of phenolic OH excluding ortho intramolecular Hbond substituents is 1. The van der Waals surface area contributed by atoms with Gasteiger partial charge in [0.25, 0.3) is 0 Å². The summed E-state index contributed by atoms with van der Waals surface area (Å²) in [6.07, 6.45) is 6.80. The van der Waals surface area contributed by atoms with Crippen LogP contribution in [0, 0.1) is 0 Å². The molecule has 0 heterocycles. The van der Waals surface area contributed by atoms with Crippen LogP contribution in [-0.4, -0.2) is 10.9 Å². The van der Waals surface area contributed by atoms with Crippen molar-refractivity contribution in [3.05, 3.63) is 95.6 Å². The Balaban J connectivity index is 2.19. The minimum absolute atomic E-state index is 0.00290. The van der Waals surface area contributed by atoms with E-state index >= 15 is 0 Å². The molecule has 1 aliphatic rings. The highest BCUT2D eigenvalue weighted by molar-refractivity contribution is 6.03. The third-order valence-corrected chi connectivity index (χ3v) is 3.36. The fraction of sp³-hybridized carbons (Fsp3) is 0. The van der Waals surface area contributed by atoms with Crippen LogP contribution in [0.5, 0.6) is 5.75 Å². The first-order chi connectivity index (χ1) is 10.2. The van der Waals surface area contributed by atoms with Crippen molar-refractivity contribution in [3.8, 4) is 5.75 Å². The molecule has 0 saturated carbocycles. The number of carbonyl (C=O) groups is 1. The summed E-state index contributed by atoms with van der Waals surface area (Å²) in [6, 6.07) is 17.1. The van der Waals surface area contributed by atoms with Gasteiger partial charge < -0.3 is 5.11 Å². The molecule has 21 heavy (non-hydrogen) atoms. The minimum Gasteiger partial charge on any atom is -0.508 e. The van der Waals surface area contributed by atoms with Crippen molar-refractivity contribution in [1.29, 1.82) is 0 Å². The van der Waals surface area contributed by atoms with Gasteiger partial charge in [-0.2, -0.15) is 0 Å². The molecule has 0 unspecified atom stereocenters. The van der Waals surface area contributed by atoms with E-state index < -0.39 is 0 Å². The monoisotopic (exact) mass is 274 g/mol. The quantitative estimate of drug-likeness (QED) is 0.902. The molecule has 3 rings (SSSR count). The number of benzene rings is 2. The van der Waals surface area contributed by atoms with E-state index in [1.807, 2.05) is 54.6 Å². The van der Waals surface area contributed by atoms with Gasteiger partial charge in [0.15, 0.2) is 5.78 Å². The zero-order valence-electron chi connectivity index (χ0n) is 11.4. The van der Waals surface area contributed by atoms with Crippen LogP contribution in [0.15, 0.2) is 84.5 Å². The number of hydrogen-bond donors (Lipinski definition) is 1. The third-order valence-electron chi connectivity index (χ3n) is 3.36. The normalized spacial score (nSPS) is 13.5. The van der Waals surface area contributed by atoms with Crippen molar-refractivity contribution in [2.75, 3.05) is 0 Å². The van der Waals surface area contributed by atoms with Gasteiger partial charge in [-0.05, 0) is 46.6 Å². The molecule has 0 amide bonds. The maximum atomic E-state index is 11.3. The van der Waals surface area contributed by atoms with Crippen LogP contribution in [0.4, 0.5) is 0 Å². The van der Waals surface area contributed by atoms with E-state index in [-0.39, 0.29) is 11.5 Å². The SMILES string of the molecule is O=C1C=CC(=C(c2ccccc2)c2ccc(O)cc2)C=C1. The second kappa shape index (κ2) is 5.63. The number of carbonyl (C=O) groups excluding carboxylic acids is 1. The molecule has 2 nitrogen and oxygen atoms in total. The first-order valence-corrected chi connectivity index (χ1v) is 6.73. The fourth-order valence-corrected chi connectivity index (χ4v) is 2.35. The van der Waals surface area contributed by atoms with E-state index in [1.165, 1.54) is 0 Å². The summed E-state index contributed by atoms with van der Waals surface area (Å²) >= 11 is 0. The molecule has 2 aromatic carbocycles. The standard InChI is InChI=1S/C19H14O2/c20-17-10-6-15(7-11-17)19(14-4-2-1-3-5-14)16-8-12-18(21)13-9-16/h1-13,20H. The van der Waals surface area contributed by atoms with Crippen LogP contribution < -0.4 is 0 Å². The summed E-state index contributed by atoms with van der Waals surface area (Å²) in [5.41, 5.74) is 4.08. The Morgan fingerprint density at radius 3 is 1.90 bits per heavy atom. The molecule has 0 fully saturated rings. The molecule has 1 N–H and O–H groups in total. The van der Waals surface area contributed by atoms with Crippen LogP contribution >= 0.6 is 0 Å². The highest BCUT2D eigenvalue weighted by atomic mass is 16.3. The van der Waals surface area contributed by atoms with Crippen LogP contribution in [0.1, 0.15) is 11.1 Å². The van der Waals surface area contributed by atoms with Crippen molar-refractivity contribution in [3.63, 3.8) is 0 Å². The molecular weight excluding hydrogens is 260 g/mol. The van der Waals surface area contributed by atoms with E-state index in [0.29, 0.717) is 0 Å². The second-order valence-electron chi connectivity index (χ2n) is 4.81. The molecule has 0 spiro atoms. The van der Waals surface area contributed by atoms with Gasteiger partial charge in [-0.1, -0.05) is 54.6 Å². The summed E-state index contributed by atoms with van der Waals surface area (Å²) in [7, 11) is 0. The lowest BCUT2D eigenvalue weighted by Crippen LogP contribution is -1.97. The van der Waals surface area contributed by atoms with Crippen molar-refractivity contribution < 1.29 is 9.90 Å². The highest BCUT2D eigenvalue weighted by Crippen LogP contribution is 2.30. The average Bonchev–Trinajstić information content (AvgIpc) is 2.52. The predicted octanol–water partition coefficient (Wildman–Crippen LogP) is 3.89. The Morgan fingerprint density at radius 1 is 0.714 bits per heavy atom. The first-order valence-electron chi connectivity index (χ1n) is 6.73. The van der Waals surface area contributed by atoms with E-state index in [1.54, 1.807) is 24.3 Å². The number of phenols is 1. The topological polar surface area (TPSA) is 37.3 Å². The van der Waals surface area contributed by atoms with Gasteiger partial charge in [0.05, 0.1) is 0 Å². The Bertz CT molecular complexity index is 730.